The average molecular weight is 352 g/mol. The van der Waals surface area contributed by atoms with Crippen LogP contribution in [-0.4, -0.2) is 10.9 Å². The summed E-state index contributed by atoms with van der Waals surface area (Å²) in [6.45, 7) is 0. The predicted octanol–water partition coefficient (Wildman–Crippen LogP) is 4.44. The summed E-state index contributed by atoms with van der Waals surface area (Å²) in [6.07, 6.45) is 2.23. The Hall–Kier alpha value is -3.10. The summed E-state index contributed by atoms with van der Waals surface area (Å²) in [5, 5.41) is 12.1. The van der Waals surface area contributed by atoms with Crippen LogP contribution in [0.15, 0.2) is 59.1 Å². The maximum atomic E-state index is 12.0. The SMILES string of the molecule is N#Cc1ccc(NC(=O)CCc2ncc(-c3ccccc3Cl)o2)cc1. The maximum absolute atomic E-state index is 12.0. The second-order valence-corrected chi connectivity index (χ2v) is 5.74. The third-order valence-corrected chi connectivity index (χ3v) is 3.89. The molecule has 25 heavy (non-hydrogen) atoms. The molecular weight excluding hydrogens is 338 g/mol. The number of anilines is 1. The second kappa shape index (κ2) is 7.65. The second-order valence-electron chi connectivity index (χ2n) is 5.34. The number of carbonyl (C=O) groups is 1. The number of halogens is 1. The largest absolute Gasteiger partial charge is 0.441 e. The Labute approximate surface area is 149 Å². The predicted molar refractivity (Wildman–Crippen MR) is 95.1 cm³/mol. The van der Waals surface area contributed by atoms with Crippen molar-refractivity contribution in [1.82, 2.24) is 4.98 Å². The van der Waals surface area contributed by atoms with E-state index in [0.717, 1.165) is 5.56 Å². The van der Waals surface area contributed by atoms with E-state index >= 15 is 0 Å². The van der Waals surface area contributed by atoms with E-state index in [9.17, 15) is 4.79 Å². The van der Waals surface area contributed by atoms with Gasteiger partial charge in [0, 0.05) is 24.1 Å². The van der Waals surface area contributed by atoms with Gasteiger partial charge < -0.3 is 9.73 Å². The highest BCUT2D eigenvalue weighted by atomic mass is 35.5. The third-order valence-electron chi connectivity index (χ3n) is 3.56. The molecule has 1 aromatic heterocycles. The molecule has 1 amide bonds. The van der Waals surface area contributed by atoms with Crippen LogP contribution in [0, 0.1) is 11.3 Å². The highest BCUT2D eigenvalue weighted by molar-refractivity contribution is 6.33. The number of aryl methyl sites for hydroxylation is 1. The van der Waals surface area contributed by atoms with Crippen molar-refractivity contribution in [3.05, 3.63) is 71.2 Å². The molecule has 2 aromatic carbocycles. The van der Waals surface area contributed by atoms with Gasteiger partial charge in [0.25, 0.3) is 0 Å². The smallest absolute Gasteiger partial charge is 0.224 e. The van der Waals surface area contributed by atoms with E-state index in [2.05, 4.69) is 10.3 Å². The molecule has 5 nitrogen and oxygen atoms in total. The van der Waals surface area contributed by atoms with Crippen LogP contribution in [-0.2, 0) is 11.2 Å². The van der Waals surface area contributed by atoms with Gasteiger partial charge in [-0.15, -0.1) is 0 Å². The van der Waals surface area contributed by atoms with Gasteiger partial charge in [-0.25, -0.2) is 4.98 Å². The highest BCUT2D eigenvalue weighted by Gasteiger charge is 2.11. The van der Waals surface area contributed by atoms with E-state index in [1.807, 2.05) is 24.3 Å². The van der Waals surface area contributed by atoms with Crippen LogP contribution in [0.2, 0.25) is 5.02 Å². The van der Waals surface area contributed by atoms with Crippen LogP contribution in [0.4, 0.5) is 5.69 Å². The lowest BCUT2D eigenvalue weighted by Gasteiger charge is -2.04. The van der Waals surface area contributed by atoms with Gasteiger partial charge in [-0.3, -0.25) is 4.79 Å². The van der Waals surface area contributed by atoms with Crippen LogP contribution >= 0.6 is 11.6 Å². The quantitative estimate of drug-likeness (QED) is 0.737. The van der Waals surface area contributed by atoms with Crippen LogP contribution in [0.25, 0.3) is 11.3 Å². The number of nitrogens with one attached hydrogen (secondary N) is 1. The van der Waals surface area contributed by atoms with E-state index < -0.39 is 0 Å². The van der Waals surface area contributed by atoms with E-state index in [4.69, 9.17) is 21.3 Å². The lowest BCUT2D eigenvalue weighted by molar-refractivity contribution is -0.116. The number of carbonyl (C=O) groups excluding carboxylic acids is 1. The number of benzene rings is 2. The molecule has 1 heterocycles. The molecule has 0 aliphatic carbocycles. The van der Waals surface area contributed by atoms with E-state index in [-0.39, 0.29) is 12.3 Å². The Morgan fingerprint density at radius 1 is 1.20 bits per heavy atom. The summed E-state index contributed by atoms with van der Waals surface area (Å²) in [7, 11) is 0. The molecule has 0 saturated heterocycles. The molecule has 0 spiro atoms. The molecule has 0 aliphatic rings. The van der Waals surface area contributed by atoms with Gasteiger partial charge in [-0.2, -0.15) is 5.26 Å². The Morgan fingerprint density at radius 2 is 1.96 bits per heavy atom. The van der Waals surface area contributed by atoms with Gasteiger partial charge in [0.05, 0.1) is 22.9 Å². The summed E-state index contributed by atoms with van der Waals surface area (Å²) in [4.78, 5) is 16.2. The van der Waals surface area contributed by atoms with Crippen molar-refractivity contribution in [2.24, 2.45) is 0 Å². The minimum Gasteiger partial charge on any atom is -0.441 e. The van der Waals surface area contributed by atoms with Gasteiger partial charge in [-0.05, 0) is 36.4 Å². The van der Waals surface area contributed by atoms with Crippen molar-refractivity contribution in [2.75, 3.05) is 5.32 Å². The van der Waals surface area contributed by atoms with Crippen LogP contribution < -0.4 is 5.32 Å². The number of hydrogen-bond acceptors (Lipinski definition) is 4. The molecule has 0 atom stereocenters. The topological polar surface area (TPSA) is 78.9 Å². The highest BCUT2D eigenvalue weighted by Crippen LogP contribution is 2.28. The number of rotatable bonds is 5. The van der Waals surface area contributed by atoms with Gasteiger partial charge >= 0.3 is 0 Å². The Bertz CT molecular complexity index is 926. The van der Waals surface area contributed by atoms with Crippen molar-refractivity contribution in [3.63, 3.8) is 0 Å². The molecule has 0 fully saturated rings. The summed E-state index contributed by atoms with van der Waals surface area (Å²) in [5.74, 6) is 0.903. The molecule has 0 aliphatic heterocycles. The molecular formula is C19H14ClN3O2. The molecule has 0 unspecified atom stereocenters. The standard InChI is InChI=1S/C19H14ClN3O2/c20-16-4-2-1-3-15(16)17-12-22-19(25-17)10-9-18(24)23-14-7-5-13(11-21)6-8-14/h1-8,12H,9-10H2,(H,23,24). The minimum absolute atomic E-state index is 0.151. The number of aromatic nitrogens is 1. The number of hydrogen-bond donors (Lipinski definition) is 1. The summed E-state index contributed by atoms with van der Waals surface area (Å²) < 4.78 is 5.67. The number of nitriles is 1. The molecule has 0 bridgehead atoms. The normalized spacial score (nSPS) is 10.2. The fourth-order valence-corrected chi connectivity index (χ4v) is 2.51. The molecule has 3 rings (SSSR count). The summed E-state index contributed by atoms with van der Waals surface area (Å²) in [5.41, 5.74) is 1.96. The van der Waals surface area contributed by atoms with Gasteiger partial charge in [0.1, 0.15) is 0 Å². The van der Waals surface area contributed by atoms with Crippen molar-refractivity contribution < 1.29 is 9.21 Å². The van der Waals surface area contributed by atoms with Crippen molar-refractivity contribution in [2.45, 2.75) is 12.8 Å². The molecule has 6 heteroatoms. The van der Waals surface area contributed by atoms with Crippen LogP contribution in [0.1, 0.15) is 17.9 Å². The fraction of sp³-hybridized carbons (Fsp3) is 0.105. The van der Waals surface area contributed by atoms with E-state index in [0.29, 0.717) is 34.3 Å². The number of nitrogens with zero attached hydrogens (tertiary/aromatic N) is 2. The lowest BCUT2D eigenvalue weighted by atomic mass is 10.2. The number of oxazole rings is 1. The van der Waals surface area contributed by atoms with Crippen molar-refractivity contribution in [1.29, 1.82) is 5.26 Å². The summed E-state index contributed by atoms with van der Waals surface area (Å²) >= 11 is 6.14. The monoisotopic (exact) mass is 351 g/mol. The zero-order chi connectivity index (χ0) is 17.6. The maximum Gasteiger partial charge on any atom is 0.224 e. The number of amides is 1. The van der Waals surface area contributed by atoms with E-state index in [1.165, 1.54) is 0 Å². The fourth-order valence-electron chi connectivity index (χ4n) is 2.28. The van der Waals surface area contributed by atoms with Crippen molar-refractivity contribution >= 4 is 23.2 Å². The minimum atomic E-state index is -0.151. The first kappa shape index (κ1) is 16.7. The third kappa shape index (κ3) is 4.25. The lowest BCUT2D eigenvalue weighted by Crippen LogP contribution is -2.12. The zero-order valence-corrected chi connectivity index (χ0v) is 14.0. The Kier molecular flexibility index (Phi) is 5.12. The molecule has 3 aromatic rings. The zero-order valence-electron chi connectivity index (χ0n) is 13.2. The molecule has 0 saturated carbocycles. The van der Waals surface area contributed by atoms with Gasteiger partial charge in [-0.1, -0.05) is 23.7 Å². The van der Waals surface area contributed by atoms with Gasteiger partial charge in [0.15, 0.2) is 11.7 Å². The molecule has 0 radical (unpaired) electrons. The summed E-state index contributed by atoms with van der Waals surface area (Å²) in [6, 6.07) is 16.1. The van der Waals surface area contributed by atoms with Crippen molar-refractivity contribution in [3.8, 4) is 17.4 Å². The van der Waals surface area contributed by atoms with Gasteiger partial charge in [0.2, 0.25) is 5.91 Å². The molecule has 1 N–H and O–H groups in total. The first-order valence-electron chi connectivity index (χ1n) is 7.65. The van der Waals surface area contributed by atoms with Crippen LogP contribution in [0.5, 0.6) is 0 Å². The Balaban J connectivity index is 1.57. The first-order chi connectivity index (χ1) is 12.2. The van der Waals surface area contributed by atoms with E-state index in [1.54, 1.807) is 36.5 Å². The Morgan fingerprint density at radius 3 is 2.68 bits per heavy atom. The molecule has 124 valence electrons. The first-order valence-corrected chi connectivity index (χ1v) is 8.03. The average Bonchev–Trinajstić information content (AvgIpc) is 3.10. The van der Waals surface area contributed by atoms with Crippen LogP contribution in [0.3, 0.4) is 0 Å².